The number of ether oxygens (including phenoxy) is 2. The third kappa shape index (κ3) is 6.87. The summed E-state index contributed by atoms with van der Waals surface area (Å²) in [5.41, 5.74) is 8.33. The van der Waals surface area contributed by atoms with E-state index >= 15 is 0 Å². The van der Waals surface area contributed by atoms with Crippen LogP contribution in [0.25, 0.3) is 0 Å². The van der Waals surface area contributed by atoms with E-state index in [1.807, 2.05) is 18.2 Å². The molecule has 0 bridgehead atoms. The molecule has 2 aromatic rings. The Morgan fingerprint density at radius 2 is 1.88 bits per heavy atom. The molecule has 0 amide bonds. The third-order valence-electron chi connectivity index (χ3n) is 7.09. The molecule has 212 valence electrons. The maximum atomic E-state index is 13.6. The van der Waals surface area contributed by atoms with Crippen molar-refractivity contribution in [3.05, 3.63) is 98.5 Å². The minimum Gasteiger partial charge on any atom is -0.462 e. The molecule has 0 aromatic heterocycles. The van der Waals surface area contributed by atoms with Crippen LogP contribution in [0.2, 0.25) is 0 Å². The van der Waals surface area contributed by atoms with Gasteiger partial charge >= 0.3 is 11.9 Å². The Bertz CT molecular complexity index is 1320. The summed E-state index contributed by atoms with van der Waals surface area (Å²) in [6, 6.07) is 16.1. The van der Waals surface area contributed by atoms with Gasteiger partial charge in [0.25, 0.3) is 5.69 Å². The summed E-state index contributed by atoms with van der Waals surface area (Å²) >= 11 is 0. The summed E-state index contributed by atoms with van der Waals surface area (Å²) in [7, 11) is 0. The van der Waals surface area contributed by atoms with Crippen molar-refractivity contribution in [1.29, 1.82) is 0 Å². The normalized spacial score (nSPS) is 19.8. The maximum Gasteiger partial charge on any atom is 0.338 e. The number of carbonyl (C=O) groups excluding carboxylic acids is 2. The number of hydrogen-bond donors (Lipinski definition) is 2. The number of nitro groups is 1. The van der Waals surface area contributed by atoms with Crippen LogP contribution in [-0.4, -0.2) is 47.6 Å². The highest BCUT2D eigenvalue weighted by atomic mass is 16.6. The number of benzene rings is 2. The number of allylic oxidation sites excluding steroid dienone is 1. The SMILES string of the molecule is CC1=C(C(=O)OC(C)C)C(c2cccc([N+](=O)[O-])c2)C(C(=O)OCC2CCCN(Cc3ccccc3)C2)=C(N)N1. The first kappa shape index (κ1) is 28.8. The lowest BCUT2D eigenvalue weighted by Gasteiger charge is -2.33. The molecule has 0 aliphatic carbocycles. The molecular formula is C30H36N4O6. The van der Waals surface area contributed by atoms with E-state index in [0.29, 0.717) is 11.3 Å². The van der Waals surface area contributed by atoms with Crippen molar-refractivity contribution in [2.45, 2.75) is 52.2 Å². The molecule has 40 heavy (non-hydrogen) atoms. The summed E-state index contributed by atoms with van der Waals surface area (Å²) in [5.74, 6) is -2.14. The van der Waals surface area contributed by atoms with E-state index in [9.17, 15) is 19.7 Å². The number of likely N-dealkylation sites (tertiary alicyclic amines) is 1. The lowest BCUT2D eigenvalue weighted by Crippen LogP contribution is -2.39. The van der Waals surface area contributed by atoms with Crippen LogP contribution in [0.1, 0.15) is 50.7 Å². The topological polar surface area (TPSA) is 137 Å². The lowest BCUT2D eigenvalue weighted by atomic mass is 9.81. The fraction of sp³-hybridized carbons (Fsp3) is 0.400. The number of non-ortho nitro benzene ring substituents is 1. The Hall–Kier alpha value is -4.18. The molecule has 0 saturated carbocycles. The number of esters is 2. The monoisotopic (exact) mass is 548 g/mol. The Kier molecular flexibility index (Phi) is 9.21. The molecule has 0 spiro atoms. The number of carbonyl (C=O) groups is 2. The fourth-order valence-corrected chi connectivity index (χ4v) is 5.32. The van der Waals surface area contributed by atoms with Gasteiger partial charge in [0.15, 0.2) is 0 Å². The molecule has 2 unspecified atom stereocenters. The molecule has 4 rings (SSSR count). The van der Waals surface area contributed by atoms with Crippen LogP contribution in [0.4, 0.5) is 5.69 Å². The Morgan fingerprint density at radius 3 is 2.58 bits per heavy atom. The first-order valence-corrected chi connectivity index (χ1v) is 13.5. The highest BCUT2D eigenvalue weighted by Gasteiger charge is 2.39. The van der Waals surface area contributed by atoms with E-state index < -0.39 is 28.9 Å². The second-order valence-electron chi connectivity index (χ2n) is 10.6. The van der Waals surface area contributed by atoms with Gasteiger partial charge in [0.1, 0.15) is 5.82 Å². The van der Waals surface area contributed by atoms with Crippen molar-refractivity contribution in [3.8, 4) is 0 Å². The van der Waals surface area contributed by atoms with Crippen LogP contribution in [-0.2, 0) is 25.6 Å². The van der Waals surface area contributed by atoms with Crippen molar-refractivity contribution in [1.82, 2.24) is 10.2 Å². The van der Waals surface area contributed by atoms with Gasteiger partial charge in [-0.25, -0.2) is 9.59 Å². The zero-order valence-electron chi connectivity index (χ0n) is 23.1. The number of nitrogens with zero attached hydrogens (tertiary/aromatic N) is 2. The van der Waals surface area contributed by atoms with Gasteiger partial charge in [-0.1, -0.05) is 42.5 Å². The van der Waals surface area contributed by atoms with Gasteiger partial charge in [0.2, 0.25) is 0 Å². The van der Waals surface area contributed by atoms with Crippen molar-refractivity contribution < 1.29 is 24.0 Å². The molecule has 10 nitrogen and oxygen atoms in total. The summed E-state index contributed by atoms with van der Waals surface area (Å²) in [6.45, 7) is 7.87. The predicted octanol–water partition coefficient (Wildman–Crippen LogP) is 4.13. The van der Waals surface area contributed by atoms with Crippen LogP contribution >= 0.6 is 0 Å². The van der Waals surface area contributed by atoms with Crippen molar-refractivity contribution in [2.75, 3.05) is 19.7 Å². The zero-order chi connectivity index (χ0) is 28.8. The van der Waals surface area contributed by atoms with Crippen LogP contribution < -0.4 is 11.1 Å². The van der Waals surface area contributed by atoms with Crippen molar-refractivity contribution in [2.24, 2.45) is 11.7 Å². The minimum absolute atomic E-state index is 0.0266. The third-order valence-corrected chi connectivity index (χ3v) is 7.09. The molecule has 1 saturated heterocycles. The largest absolute Gasteiger partial charge is 0.462 e. The summed E-state index contributed by atoms with van der Waals surface area (Å²) in [5, 5.41) is 14.4. The Labute approximate surface area is 234 Å². The molecule has 2 aromatic carbocycles. The lowest BCUT2D eigenvalue weighted by molar-refractivity contribution is -0.384. The molecule has 2 aliphatic rings. The number of nitro benzene ring substituents is 1. The van der Waals surface area contributed by atoms with E-state index in [2.05, 4.69) is 22.3 Å². The average molecular weight is 549 g/mol. The first-order valence-electron chi connectivity index (χ1n) is 13.5. The van der Waals surface area contributed by atoms with Gasteiger partial charge in [-0.15, -0.1) is 0 Å². The second kappa shape index (κ2) is 12.8. The maximum absolute atomic E-state index is 13.6. The predicted molar refractivity (Wildman–Crippen MR) is 150 cm³/mol. The van der Waals surface area contributed by atoms with Crippen LogP contribution in [0.15, 0.2) is 77.3 Å². The number of nitrogens with two attached hydrogens (primary N) is 1. The number of dihydropyridines is 1. The van der Waals surface area contributed by atoms with Gasteiger partial charge in [-0.3, -0.25) is 15.0 Å². The van der Waals surface area contributed by atoms with Crippen LogP contribution in [0, 0.1) is 16.0 Å². The zero-order valence-corrected chi connectivity index (χ0v) is 23.1. The van der Waals surface area contributed by atoms with Gasteiger partial charge in [-0.2, -0.15) is 0 Å². The average Bonchev–Trinajstić information content (AvgIpc) is 2.91. The molecular weight excluding hydrogens is 512 g/mol. The molecule has 0 radical (unpaired) electrons. The summed E-state index contributed by atoms with van der Waals surface area (Å²) < 4.78 is 11.3. The quantitative estimate of drug-likeness (QED) is 0.269. The molecule has 2 atom stereocenters. The van der Waals surface area contributed by atoms with E-state index in [0.717, 1.165) is 32.5 Å². The molecule has 2 heterocycles. The minimum atomic E-state index is -0.999. The second-order valence-corrected chi connectivity index (χ2v) is 10.6. The van der Waals surface area contributed by atoms with E-state index in [1.54, 1.807) is 26.8 Å². The highest BCUT2D eigenvalue weighted by molar-refractivity contribution is 6.00. The fourth-order valence-electron chi connectivity index (χ4n) is 5.32. The van der Waals surface area contributed by atoms with Crippen LogP contribution in [0.5, 0.6) is 0 Å². The van der Waals surface area contributed by atoms with Gasteiger partial charge < -0.3 is 20.5 Å². The molecule has 2 aliphatic heterocycles. The van der Waals surface area contributed by atoms with Gasteiger partial charge in [0, 0.05) is 36.8 Å². The number of nitrogens with one attached hydrogen (secondary N) is 1. The first-order chi connectivity index (χ1) is 19.1. The van der Waals surface area contributed by atoms with E-state index in [-0.39, 0.29) is 35.2 Å². The molecule has 3 N–H and O–H groups in total. The smallest absolute Gasteiger partial charge is 0.338 e. The van der Waals surface area contributed by atoms with Gasteiger partial charge in [-0.05, 0) is 51.3 Å². The molecule has 1 fully saturated rings. The van der Waals surface area contributed by atoms with Gasteiger partial charge in [0.05, 0.1) is 34.7 Å². The summed E-state index contributed by atoms with van der Waals surface area (Å²) in [4.78, 5) is 40.2. The van der Waals surface area contributed by atoms with E-state index in [4.69, 9.17) is 15.2 Å². The standard InChI is InChI=1S/C30H36N4O6/c1-19(2)40-30(36)25-20(3)32-28(31)27(26(25)23-12-7-13-24(15-23)34(37)38)29(35)39-18-22-11-8-14-33(17-22)16-21-9-5-4-6-10-21/h4-7,9-10,12-13,15,19,22,26,32H,8,11,14,16-18,31H2,1-3H3. The highest BCUT2D eigenvalue weighted by Crippen LogP contribution is 2.39. The number of piperidine rings is 1. The van der Waals surface area contributed by atoms with E-state index in [1.165, 1.54) is 23.8 Å². The van der Waals surface area contributed by atoms with Crippen molar-refractivity contribution >= 4 is 17.6 Å². The Balaban J connectivity index is 1.56. The number of rotatable bonds is 9. The molecule has 10 heteroatoms. The van der Waals surface area contributed by atoms with Crippen molar-refractivity contribution in [3.63, 3.8) is 0 Å². The summed E-state index contributed by atoms with van der Waals surface area (Å²) in [6.07, 6.45) is 1.50. The Morgan fingerprint density at radius 1 is 1.12 bits per heavy atom. The number of hydrogen-bond acceptors (Lipinski definition) is 9. The van der Waals surface area contributed by atoms with Crippen LogP contribution in [0.3, 0.4) is 0 Å².